The van der Waals surface area contributed by atoms with Crippen LogP contribution >= 0.6 is 0 Å². The van der Waals surface area contributed by atoms with E-state index in [0.717, 1.165) is 5.56 Å². The quantitative estimate of drug-likeness (QED) is 0.643. The van der Waals surface area contributed by atoms with E-state index < -0.39 is 0 Å². The molecule has 0 fully saturated rings. The van der Waals surface area contributed by atoms with Crippen molar-refractivity contribution in [3.63, 3.8) is 0 Å². The zero-order valence-corrected chi connectivity index (χ0v) is 9.87. The Bertz CT molecular complexity index is 716. The number of fused-ring (bicyclic) bond motifs is 1. The van der Waals surface area contributed by atoms with Crippen molar-refractivity contribution in [3.8, 4) is 11.3 Å². The van der Waals surface area contributed by atoms with E-state index in [2.05, 4.69) is 9.97 Å². The number of aromatic nitrogens is 3. The summed E-state index contributed by atoms with van der Waals surface area (Å²) in [7, 11) is 0. The smallest absolute Gasteiger partial charge is 0.234 e. The van der Waals surface area contributed by atoms with Gasteiger partial charge in [0.05, 0.1) is 0 Å². The van der Waals surface area contributed by atoms with Gasteiger partial charge >= 0.3 is 0 Å². The number of rotatable bonds is 2. The van der Waals surface area contributed by atoms with Crippen molar-refractivity contribution in [2.24, 2.45) is 0 Å². The Hall–Kier alpha value is -2.49. The molecular formula is C14H11N3O. The molecule has 88 valence electrons. The van der Waals surface area contributed by atoms with Crippen molar-refractivity contribution in [1.82, 2.24) is 14.4 Å². The number of hydrogen-bond donors (Lipinski definition) is 0. The largest absolute Gasteiger partial charge is 0.293 e. The van der Waals surface area contributed by atoms with Crippen LogP contribution in [0.4, 0.5) is 0 Å². The molecule has 3 aromatic rings. The van der Waals surface area contributed by atoms with Crippen molar-refractivity contribution in [2.75, 3.05) is 0 Å². The topological polar surface area (TPSA) is 47.3 Å². The Kier molecular flexibility index (Phi) is 2.41. The van der Waals surface area contributed by atoms with Crippen LogP contribution in [-0.4, -0.2) is 20.2 Å². The monoisotopic (exact) mass is 237 g/mol. The molecule has 0 aliphatic heterocycles. The van der Waals surface area contributed by atoms with Crippen LogP contribution in [0, 0.1) is 0 Å². The molecule has 0 bridgehead atoms. The number of carbonyl (C=O) groups excluding carboxylic acids is 1. The molecule has 18 heavy (non-hydrogen) atoms. The molecule has 0 unspecified atom stereocenters. The second-order valence-corrected chi connectivity index (χ2v) is 4.02. The zero-order valence-electron chi connectivity index (χ0n) is 9.87. The fraction of sp³-hybridized carbons (Fsp3) is 0.0714. The van der Waals surface area contributed by atoms with Gasteiger partial charge in [-0.1, -0.05) is 30.3 Å². The Labute approximate surface area is 104 Å². The van der Waals surface area contributed by atoms with Gasteiger partial charge in [-0.2, -0.15) is 0 Å². The van der Waals surface area contributed by atoms with Gasteiger partial charge in [0, 0.05) is 24.9 Å². The maximum atomic E-state index is 11.8. The third-order valence-electron chi connectivity index (χ3n) is 2.78. The van der Waals surface area contributed by atoms with Crippen molar-refractivity contribution < 1.29 is 4.79 Å². The van der Waals surface area contributed by atoms with Crippen LogP contribution in [0.5, 0.6) is 0 Å². The van der Waals surface area contributed by atoms with Gasteiger partial charge in [0.25, 0.3) is 0 Å². The predicted molar refractivity (Wildman–Crippen MR) is 68.4 cm³/mol. The number of hydrogen-bond acceptors (Lipinski definition) is 3. The summed E-state index contributed by atoms with van der Waals surface area (Å²) in [5.74, 6) is 0.524. The zero-order chi connectivity index (χ0) is 12.5. The number of Topliss-reactive ketones (excluding diaryl/α,β-unsaturated/α-hetero) is 1. The SMILES string of the molecule is CC(=O)c1c(-c2ccccc2)nc2ncccn12. The molecule has 2 heterocycles. The lowest BCUT2D eigenvalue weighted by Crippen LogP contribution is -2.00. The highest BCUT2D eigenvalue weighted by Gasteiger charge is 2.17. The van der Waals surface area contributed by atoms with Gasteiger partial charge in [-0.3, -0.25) is 9.20 Å². The minimum atomic E-state index is -0.0191. The van der Waals surface area contributed by atoms with E-state index in [0.29, 0.717) is 17.2 Å². The van der Waals surface area contributed by atoms with E-state index in [9.17, 15) is 4.79 Å². The molecule has 0 amide bonds. The van der Waals surface area contributed by atoms with Gasteiger partial charge in [0.15, 0.2) is 5.78 Å². The van der Waals surface area contributed by atoms with E-state index in [1.165, 1.54) is 0 Å². The third kappa shape index (κ3) is 1.59. The first-order valence-corrected chi connectivity index (χ1v) is 5.67. The Morgan fingerprint density at radius 2 is 1.94 bits per heavy atom. The first-order valence-electron chi connectivity index (χ1n) is 5.67. The summed E-state index contributed by atoms with van der Waals surface area (Å²) in [6.45, 7) is 1.54. The van der Waals surface area contributed by atoms with Crippen molar-refractivity contribution in [2.45, 2.75) is 6.92 Å². The van der Waals surface area contributed by atoms with E-state index >= 15 is 0 Å². The Morgan fingerprint density at radius 1 is 1.17 bits per heavy atom. The molecule has 0 N–H and O–H groups in total. The fourth-order valence-corrected chi connectivity index (χ4v) is 2.02. The molecule has 0 aliphatic rings. The maximum absolute atomic E-state index is 11.8. The first-order chi connectivity index (χ1) is 8.77. The van der Waals surface area contributed by atoms with E-state index in [1.807, 2.05) is 30.3 Å². The number of ketones is 1. The highest BCUT2D eigenvalue weighted by molar-refractivity contribution is 5.99. The summed E-state index contributed by atoms with van der Waals surface area (Å²) in [5, 5.41) is 0. The molecule has 0 saturated carbocycles. The van der Waals surface area contributed by atoms with Gasteiger partial charge in [0.2, 0.25) is 5.78 Å². The van der Waals surface area contributed by atoms with Gasteiger partial charge in [0.1, 0.15) is 11.4 Å². The molecule has 0 spiro atoms. The van der Waals surface area contributed by atoms with Crippen molar-refractivity contribution in [1.29, 1.82) is 0 Å². The van der Waals surface area contributed by atoms with Gasteiger partial charge in [-0.15, -0.1) is 0 Å². The van der Waals surface area contributed by atoms with Gasteiger partial charge in [-0.25, -0.2) is 9.97 Å². The predicted octanol–water partition coefficient (Wildman–Crippen LogP) is 2.60. The first kappa shape index (κ1) is 10.7. The van der Waals surface area contributed by atoms with Crippen LogP contribution in [0.1, 0.15) is 17.4 Å². The molecule has 1 aromatic carbocycles. The fourth-order valence-electron chi connectivity index (χ4n) is 2.02. The lowest BCUT2D eigenvalue weighted by molar-refractivity contribution is 0.101. The second-order valence-electron chi connectivity index (χ2n) is 4.02. The third-order valence-corrected chi connectivity index (χ3v) is 2.78. The molecule has 4 heteroatoms. The molecule has 4 nitrogen and oxygen atoms in total. The minimum absolute atomic E-state index is 0.0191. The molecule has 0 saturated heterocycles. The molecule has 0 atom stereocenters. The van der Waals surface area contributed by atoms with Crippen LogP contribution in [0.3, 0.4) is 0 Å². The average molecular weight is 237 g/mol. The lowest BCUT2D eigenvalue weighted by atomic mass is 10.1. The summed E-state index contributed by atoms with van der Waals surface area (Å²) in [6, 6.07) is 11.5. The summed E-state index contributed by atoms with van der Waals surface area (Å²) >= 11 is 0. The number of benzene rings is 1. The standard InChI is InChI=1S/C14H11N3O/c1-10(18)13-12(11-6-3-2-4-7-11)16-14-15-8-5-9-17(13)14/h2-9H,1H3. The highest BCUT2D eigenvalue weighted by Crippen LogP contribution is 2.23. The van der Waals surface area contributed by atoms with Crippen LogP contribution in [-0.2, 0) is 0 Å². The summed E-state index contributed by atoms with van der Waals surface area (Å²) in [6.07, 6.45) is 3.47. The Balaban J connectivity index is 2.36. The molecule has 2 aromatic heterocycles. The normalized spacial score (nSPS) is 10.7. The minimum Gasteiger partial charge on any atom is -0.293 e. The molecular weight excluding hydrogens is 226 g/mol. The van der Waals surface area contributed by atoms with Gasteiger partial charge < -0.3 is 0 Å². The molecule has 0 radical (unpaired) electrons. The number of nitrogens with zero attached hydrogens (tertiary/aromatic N) is 3. The lowest BCUT2D eigenvalue weighted by Gasteiger charge is -2.00. The summed E-state index contributed by atoms with van der Waals surface area (Å²) in [5.41, 5.74) is 2.18. The van der Waals surface area contributed by atoms with Crippen molar-refractivity contribution in [3.05, 3.63) is 54.5 Å². The molecule has 3 rings (SSSR count). The Morgan fingerprint density at radius 3 is 2.67 bits per heavy atom. The van der Waals surface area contributed by atoms with E-state index in [4.69, 9.17) is 0 Å². The van der Waals surface area contributed by atoms with Crippen LogP contribution in [0.15, 0.2) is 48.8 Å². The average Bonchev–Trinajstić information content (AvgIpc) is 2.79. The highest BCUT2D eigenvalue weighted by atomic mass is 16.1. The summed E-state index contributed by atoms with van der Waals surface area (Å²) in [4.78, 5) is 20.4. The van der Waals surface area contributed by atoms with Crippen LogP contribution < -0.4 is 0 Å². The van der Waals surface area contributed by atoms with Crippen molar-refractivity contribution >= 4 is 11.6 Å². The number of carbonyl (C=O) groups is 1. The summed E-state index contributed by atoms with van der Waals surface area (Å²) < 4.78 is 1.73. The van der Waals surface area contributed by atoms with Gasteiger partial charge in [-0.05, 0) is 6.07 Å². The maximum Gasteiger partial charge on any atom is 0.234 e. The van der Waals surface area contributed by atoms with E-state index in [-0.39, 0.29) is 5.78 Å². The second kappa shape index (κ2) is 4.07. The number of imidazole rings is 1. The van der Waals surface area contributed by atoms with Crippen LogP contribution in [0.2, 0.25) is 0 Å². The van der Waals surface area contributed by atoms with Crippen LogP contribution in [0.25, 0.3) is 17.0 Å². The van der Waals surface area contributed by atoms with E-state index in [1.54, 1.807) is 29.8 Å². The molecule has 0 aliphatic carbocycles.